The van der Waals surface area contributed by atoms with Gasteiger partial charge in [-0.1, -0.05) is 219 Å². The van der Waals surface area contributed by atoms with E-state index >= 15 is 0 Å². The molecule has 2 aliphatic heterocycles. The lowest BCUT2D eigenvalue weighted by atomic mass is 9.36. The fraction of sp³-hybridized carbons (Fsp3) is 0.444. The van der Waals surface area contributed by atoms with Crippen LogP contribution in [0.3, 0.4) is 0 Å². The minimum absolute atomic E-state index is 0.00604. The maximum atomic E-state index is 2.82. The average molecular weight is 1270 g/mol. The molecule has 0 N–H and O–H groups in total. The van der Waals surface area contributed by atoms with Gasteiger partial charge in [-0.25, -0.2) is 0 Å². The van der Waals surface area contributed by atoms with Crippen LogP contribution in [0.4, 0.5) is 51.2 Å². The lowest BCUT2D eigenvalue weighted by Gasteiger charge is -2.46. The second kappa shape index (κ2) is 20.9. The van der Waals surface area contributed by atoms with E-state index in [0.29, 0.717) is 0 Å². The second-order valence-corrected chi connectivity index (χ2v) is 38.8. The summed E-state index contributed by atoms with van der Waals surface area (Å²) in [7, 11) is 0. The third-order valence-electron chi connectivity index (χ3n) is 25.2. The van der Waals surface area contributed by atoms with Crippen molar-refractivity contribution >= 4 is 95.0 Å². The molecule has 3 nitrogen and oxygen atoms in total. The fourth-order valence-corrected chi connectivity index (χ4v) is 19.6. The molecule has 0 saturated carbocycles. The molecular formula is C90H106BN3S. The Morgan fingerprint density at radius 2 is 0.789 bits per heavy atom. The quantitative estimate of drug-likeness (QED) is 0.154. The van der Waals surface area contributed by atoms with Crippen LogP contribution in [0.25, 0.3) is 21.2 Å². The molecule has 490 valence electrons. The number of benzene rings is 8. The molecule has 0 radical (unpaired) electrons. The van der Waals surface area contributed by atoms with Crippen LogP contribution >= 0.6 is 11.3 Å². The van der Waals surface area contributed by atoms with Gasteiger partial charge in [0.2, 0.25) is 0 Å². The first-order valence-electron chi connectivity index (χ1n) is 36.3. The molecular weight excluding hydrogens is 1170 g/mol. The van der Waals surface area contributed by atoms with E-state index in [1.54, 1.807) is 0 Å². The van der Waals surface area contributed by atoms with Gasteiger partial charge in [0.25, 0.3) is 6.71 Å². The highest BCUT2D eigenvalue weighted by Crippen LogP contribution is 2.58. The van der Waals surface area contributed by atoms with Gasteiger partial charge in [0.05, 0.1) is 17.1 Å². The van der Waals surface area contributed by atoms with Gasteiger partial charge in [0.15, 0.2) is 0 Å². The van der Waals surface area contributed by atoms with E-state index in [1.165, 1.54) is 164 Å². The molecule has 8 aromatic carbocycles. The molecule has 9 aromatic rings. The predicted molar refractivity (Wildman–Crippen MR) is 415 cm³/mol. The van der Waals surface area contributed by atoms with Crippen LogP contribution in [-0.2, 0) is 54.1 Å². The summed E-state index contributed by atoms with van der Waals surface area (Å²) in [4.78, 5) is 8.27. The number of hydrogen-bond acceptors (Lipinski definition) is 4. The number of anilines is 9. The Bertz CT molecular complexity index is 4580. The van der Waals surface area contributed by atoms with Gasteiger partial charge in [-0.15, -0.1) is 11.3 Å². The number of rotatable bonds is 6. The predicted octanol–water partition coefficient (Wildman–Crippen LogP) is 24.1. The van der Waals surface area contributed by atoms with Crippen LogP contribution in [0.5, 0.6) is 0 Å². The van der Waals surface area contributed by atoms with Gasteiger partial charge in [0, 0.05) is 54.6 Å². The molecule has 0 amide bonds. The van der Waals surface area contributed by atoms with Crippen molar-refractivity contribution in [3.8, 4) is 11.1 Å². The van der Waals surface area contributed by atoms with Crippen LogP contribution in [0.2, 0.25) is 0 Å². The third kappa shape index (κ3) is 10.1. The van der Waals surface area contributed by atoms with Crippen LogP contribution in [0.15, 0.2) is 146 Å². The van der Waals surface area contributed by atoms with Gasteiger partial charge >= 0.3 is 0 Å². The Kier molecular flexibility index (Phi) is 14.1. The van der Waals surface area contributed by atoms with Gasteiger partial charge in [-0.05, 0) is 257 Å². The highest BCUT2D eigenvalue weighted by Gasteiger charge is 2.50. The monoisotopic (exact) mass is 1270 g/mol. The summed E-state index contributed by atoms with van der Waals surface area (Å²) in [5.41, 5.74) is 30.9. The van der Waals surface area contributed by atoms with Crippen molar-refractivity contribution in [3.63, 3.8) is 0 Å². The van der Waals surface area contributed by atoms with E-state index in [9.17, 15) is 0 Å². The number of nitrogens with zero attached hydrogens (tertiary/aromatic N) is 3. The summed E-state index contributed by atoms with van der Waals surface area (Å²) in [6, 6.07) is 60.1. The molecule has 6 aliphatic rings. The smallest absolute Gasteiger partial charge is 0.264 e. The molecule has 0 saturated heterocycles. The Hall–Kier alpha value is -6.82. The highest BCUT2D eigenvalue weighted by molar-refractivity contribution is 7.33. The Morgan fingerprint density at radius 1 is 0.368 bits per heavy atom. The van der Waals surface area contributed by atoms with Crippen molar-refractivity contribution in [1.82, 2.24) is 0 Å². The summed E-state index contributed by atoms with van der Waals surface area (Å²) in [6.07, 6.45) is 9.27. The Morgan fingerprint density at radius 3 is 1.28 bits per heavy atom. The summed E-state index contributed by atoms with van der Waals surface area (Å²) in [6.45, 7) is 54.2. The molecule has 0 unspecified atom stereocenters. The SMILES string of the molecule is CC(C)(C)c1ccc2c(c1)B1c3sc4cc5c(cc4c3N(c3ccc4c(c3)C(C)(C)CCC4(C)C)c3cc(N(c4ccc6c(c4)C(C)(C)CCC6(C)C)c4ccc6c(c4)C(C)(C)CCC6(C)C)cc(c31)N2c1ccc(C(C)(C)C)cc1-c1ccccc1)C(C)(C)CCC5(C)C. The lowest BCUT2D eigenvalue weighted by Crippen LogP contribution is -2.60. The van der Waals surface area contributed by atoms with Crippen molar-refractivity contribution in [2.75, 3.05) is 14.7 Å². The molecule has 0 fully saturated rings. The molecule has 15 rings (SSSR count). The molecule has 0 spiro atoms. The zero-order valence-corrected chi connectivity index (χ0v) is 62.7. The largest absolute Gasteiger partial charge is 0.311 e. The molecule has 0 atom stereocenters. The minimum Gasteiger partial charge on any atom is -0.311 e. The number of fused-ring (bicyclic) bond motifs is 10. The van der Waals surface area contributed by atoms with Crippen LogP contribution in [0, 0.1) is 0 Å². The summed E-state index contributed by atoms with van der Waals surface area (Å²) in [5, 5.41) is 1.38. The number of hydrogen-bond donors (Lipinski definition) is 0. The van der Waals surface area contributed by atoms with Crippen LogP contribution in [-0.4, -0.2) is 6.71 Å². The molecule has 95 heavy (non-hydrogen) atoms. The van der Waals surface area contributed by atoms with E-state index in [0.717, 1.165) is 31.4 Å². The fourth-order valence-electron chi connectivity index (χ4n) is 18.3. The van der Waals surface area contributed by atoms with E-state index < -0.39 is 0 Å². The topological polar surface area (TPSA) is 9.72 Å². The van der Waals surface area contributed by atoms with Crippen molar-refractivity contribution in [2.45, 2.75) is 258 Å². The van der Waals surface area contributed by atoms with Gasteiger partial charge in [-0.2, -0.15) is 0 Å². The lowest BCUT2D eigenvalue weighted by molar-refractivity contribution is 0.332. The van der Waals surface area contributed by atoms with Gasteiger partial charge in [0.1, 0.15) is 0 Å². The maximum Gasteiger partial charge on any atom is 0.264 e. The van der Waals surface area contributed by atoms with Crippen LogP contribution < -0.4 is 30.4 Å². The molecule has 0 bridgehead atoms. The van der Waals surface area contributed by atoms with Gasteiger partial charge < -0.3 is 14.7 Å². The Labute approximate surface area is 576 Å². The van der Waals surface area contributed by atoms with Crippen molar-refractivity contribution in [1.29, 1.82) is 0 Å². The average Bonchev–Trinajstić information content (AvgIpc) is 1.68. The molecule has 4 aliphatic carbocycles. The third-order valence-corrected chi connectivity index (χ3v) is 26.4. The molecule has 3 heterocycles. The molecule has 5 heteroatoms. The zero-order valence-electron chi connectivity index (χ0n) is 61.8. The number of thiophene rings is 1. The van der Waals surface area contributed by atoms with E-state index in [-0.39, 0.29) is 60.9 Å². The van der Waals surface area contributed by atoms with Crippen molar-refractivity contribution < 1.29 is 0 Å². The standard InChI is InChI=1S/C90H106BN3S/c1-81(2,3)56-28-36-73(62(46-56)55-26-24-23-25-27-55)94-74-37-29-57(82(4,5)6)47-72(74)91-78-75(93(60-32-35-66-69(50-60)88(17,18)43-40-85(66,11)12)79-63-53-70-71(54-77(63)95-80(79)91)90(21,22)45-44-89(70,19)20)51-61(52-76(78)94)92(58-30-33-64-67(48-58)86(13,14)41-38-83(64,7)8)59-31-34-65-68(49-59)87(15,16)42-39-84(65,9)10/h23-37,46-54H,38-45H2,1-22H3. The zero-order chi connectivity index (χ0) is 67.7. The normalized spacial score (nSPS) is 20.2. The summed E-state index contributed by atoms with van der Waals surface area (Å²) in [5.74, 6) is 0. The minimum atomic E-state index is -0.0994. The van der Waals surface area contributed by atoms with Crippen molar-refractivity contribution in [2.24, 2.45) is 0 Å². The van der Waals surface area contributed by atoms with Gasteiger partial charge in [-0.3, -0.25) is 0 Å². The maximum absolute atomic E-state index is 2.82. The first-order chi connectivity index (χ1) is 44.3. The second-order valence-electron chi connectivity index (χ2n) is 37.7. The summed E-state index contributed by atoms with van der Waals surface area (Å²) < 4.78 is 2.82. The first-order valence-corrected chi connectivity index (χ1v) is 37.1. The van der Waals surface area contributed by atoms with Crippen LogP contribution in [0.1, 0.15) is 259 Å². The van der Waals surface area contributed by atoms with Crippen molar-refractivity contribution in [3.05, 3.63) is 201 Å². The highest BCUT2D eigenvalue weighted by atomic mass is 32.1. The first kappa shape index (κ1) is 64.2. The van der Waals surface area contributed by atoms with E-state index in [4.69, 9.17) is 0 Å². The van der Waals surface area contributed by atoms with E-state index in [2.05, 4.69) is 324 Å². The summed E-state index contributed by atoms with van der Waals surface area (Å²) >= 11 is 2.08. The molecule has 1 aromatic heterocycles. The Balaban J connectivity index is 1.13. The van der Waals surface area contributed by atoms with E-state index in [1.807, 2.05) is 0 Å².